The van der Waals surface area contributed by atoms with Crippen molar-refractivity contribution in [3.63, 3.8) is 0 Å². The third kappa shape index (κ3) is 6.58. The van der Waals surface area contributed by atoms with E-state index in [1.54, 1.807) is 4.90 Å². The highest BCUT2D eigenvalue weighted by Crippen LogP contribution is 2.35. The minimum atomic E-state index is -1.02. The monoisotopic (exact) mass is 468 g/mol. The number of benzene rings is 2. The van der Waals surface area contributed by atoms with Crippen molar-refractivity contribution in [1.29, 1.82) is 0 Å². The molecule has 184 valence electrons. The lowest BCUT2D eigenvalue weighted by Gasteiger charge is -2.37. The van der Waals surface area contributed by atoms with Crippen molar-refractivity contribution in [2.75, 3.05) is 20.3 Å². The standard InChI is InChI=1S/C27H36N2O5/c1-26(2)20-33-27(3,4)29(26)25(31)34-23(24(30)32-5)16-17-28(18-21-12-8-6-9-13-21)19-22-14-10-7-11-15-22/h6-15,23H,16-20H2,1-5H3/t23-/m0/s1. The summed E-state index contributed by atoms with van der Waals surface area (Å²) >= 11 is 0. The minimum absolute atomic E-state index is 0.313. The largest absolute Gasteiger partial charge is 0.466 e. The number of carbonyl (C=O) groups is 2. The van der Waals surface area contributed by atoms with E-state index in [0.717, 1.165) is 0 Å². The van der Waals surface area contributed by atoms with E-state index in [4.69, 9.17) is 14.2 Å². The Morgan fingerprint density at radius 1 is 0.971 bits per heavy atom. The van der Waals surface area contributed by atoms with Crippen LogP contribution >= 0.6 is 0 Å². The first kappa shape index (κ1) is 25.7. The molecule has 1 amide bonds. The Balaban J connectivity index is 1.72. The van der Waals surface area contributed by atoms with Gasteiger partial charge < -0.3 is 14.2 Å². The molecule has 7 heteroatoms. The van der Waals surface area contributed by atoms with Crippen LogP contribution in [0.5, 0.6) is 0 Å². The van der Waals surface area contributed by atoms with Gasteiger partial charge in [0.2, 0.25) is 6.10 Å². The maximum Gasteiger partial charge on any atom is 0.413 e. The Kier molecular flexibility index (Phi) is 8.33. The topological polar surface area (TPSA) is 68.3 Å². The number of nitrogens with zero attached hydrogens (tertiary/aromatic N) is 2. The molecular formula is C27H36N2O5. The summed E-state index contributed by atoms with van der Waals surface area (Å²) in [5.41, 5.74) is 0.965. The molecule has 1 aliphatic heterocycles. The molecular weight excluding hydrogens is 432 g/mol. The van der Waals surface area contributed by atoms with Gasteiger partial charge >= 0.3 is 12.1 Å². The lowest BCUT2D eigenvalue weighted by molar-refractivity contribution is -0.153. The number of rotatable bonds is 9. The van der Waals surface area contributed by atoms with Crippen LogP contribution in [-0.4, -0.2) is 59.5 Å². The zero-order valence-corrected chi connectivity index (χ0v) is 20.8. The third-order valence-electron chi connectivity index (χ3n) is 6.02. The van der Waals surface area contributed by atoms with E-state index < -0.39 is 29.4 Å². The normalized spacial score (nSPS) is 17.4. The van der Waals surface area contributed by atoms with E-state index in [1.807, 2.05) is 64.1 Å². The van der Waals surface area contributed by atoms with Crippen LogP contribution in [0.15, 0.2) is 60.7 Å². The third-order valence-corrected chi connectivity index (χ3v) is 6.02. The highest BCUT2D eigenvalue weighted by Gasteiger charge is 2.50. The van der Waals surface area contributed by atoms with Gasteiger partial charge in [-0.1, -0.05) is 60.7 Å². The Morgan fingerprint density at radius 3 is 1.94 bits per heavy atom. The number of ether oxygens (including phenoxy) is 3. The number of hydrogen-bond donors (Lipinski definition) is 0. The SMILES string of the molecule is COC(=O)[C@H](CCN(Cc1ccccc1)Cc1ccccc1)OC(=O)N1C(C)(C)COC1(C)C. The van der Waals surface area contributed by atoms with E-state index in [9.17, 15) is 9.59 Å². The Labute approximate surface area is 202 Å². The summed E-state index contributed by atoms with van der Waals surface area (Å²) < 4.78 is 16.5. The molecule has 34 heavy (non-hydrogen) atoms. The zero-order valence-electron chi connectivity index (χ0n) is 20.8. The molecule has 1 saturated heterocycles. The predicted octanol–water partition coefficient (Wildman–Crippen LogP) is 4.60. The molecule has 1 aliphatic rings. The molecule has 0 bridgehead atoms. The molecule has 2 aromatic carbocycles. The van der Waals surface area contributed by atoms with Gasteiger partial charge in [-0.2, -0.15) is 0 Å². The molecule has 1 heterocycles. The molecule has 1 atom stereocenters. The number of hydrogen-bond acceptors (Lipinski definition) is 6. The fraction of sp³-hybridized carbons (Fsp3) is 0.481. The molecule has 0 saturated carbocycles. The quantitative estimate of drug-likeness (QED) is 0.501. The molecule has 7 nitrogen and oxygen atoms in total. The van der Waals surface area contributed by atoms with Crippen LogP contribution in [-0.2, 0) is 32.1 Å². The van der Waals surface area contributed by atoms with Crippen molar-refractivity contribution < 1.29 is 23.8 Å². The zero-order chi connectivity index (χ0) is 24.8. The number of methoxy groups -OCH3 is 1. The maximum absolute atomic E-state index is 13.1. The van der Waals surface area contributed by atoms with Crippen molar-refractivity contribution >= 4 is 12.1 Å². The highest BCUT2D eigenvalue weighted by molar-refractivity contribution is 5.79. The Morgan fingerprint density at radius 2 is 1.50 bits per heavy atom. The highest BCUT2D eigenvalue weighted by atomic mass is 16.6. The minimum Gasteiger partial charge on any atom is -0.466 e. The Hall–Kier alpha value is -2.90. The maximum atomic E-state index is 13.1. The molecule has 0 N–H and O–H groups in total. The molecule has 0 aliphatic carbocycles. The summed E-state index contributed by atoms with van der Waals surface area (Å²) in [6, 6.07) is 20.3. The van der Waals surface area contributed by atoms with Crippen LogP contribution in [0.1, 0.15) is 45.2 Å². The molecule has 3 rings (SSSR count). The molecule has 0 radical (unpaired) electrons. The van der Waals surface area contributed by atoms with Gasteiger partial charge in [0.1, 0.15) is 5.72 Å². The number of amides is 1. The van der Waals surface area contributed by atoms with Crippen LogP contribution in [0.2, 0.25) is 0 Å². The predicted molar refractivity (Wildman–Crippen MR) is 130 cm³/mol. The van der Waals surface area contributed by atoms with Gasteiger partial charge in [-0.15, -0.1) is 0 Å². The fourth-order valence-electron chi connectivity index (χ4n) is 4.41. The average molecular weight is 469 g/mol. The van der Waals surface area contributed by atoms with Crippen LogP contribution < -0.4 is 0 Å². The first-order chi connectivity index (χ1) is 16.1. The average Bonchev–Trinajstić information content (AvgIpc) is 3.04. The second kappa shape index (κ2) is 11.0. The second-order valence-electron chi connectivity index (χ2n) is 9.75. The van der Waals surface area contributed by atoms with Crippen molar-refractivity contribution in [1.82, 2.24) is 9.80 Å². The van der Waals surface area contributed by atoms with Gasteiger partial charge in [0.15, 0.2) is 0 Å². The van der Waals surface area contributed by atoms with Gasteiger partial charge in [0.25, 0.3) is 0 Å². The van der Waals surface area contributed by atoms with Crippen molar-refractivity contribution in [2.24, 2.45) is 0 Å². The molecule has 0 spiro atoms. The molecule has 0 unspecified atom stereocenters. The van der Waals surface area contributed by atoms with E-state index in [1.165, 1.54) is 18.2 Å². The summed E-state index contributed by atoms with van der Waals surface area (Å²) in [7, 11) is 1.31. The summed E-state index contributed by atoms with van der Waals surface area (Å²) in [6.07, 6.45) is -1.28. The summed E-state index contributed by atoms with van der Waals surface area (Å²) in [5.74, 6) is -0.566. The summed E-state index contributed by atoms with van der Waals surface area (Å²) in [6.45, 7) is 9.81. The van der Waals surface area contributed by atoms with Crippen LogP contribution in [0.25, 0.3) is 0 Å². The van der Waals surface area contributed by atoms with Crippen molar-refractivity contribution in [3.8, 4) is 0 Å². The van der Waals surface area contributed by atoms with Crippen LogP contribution in [0.3, 0.4) is 0 Å². The van der Waals surface area contributed by atoms with Crippen LogP contribution in [0.4, 0.5) is 4.79 Å². The smallest absolute Gasteiger partial charge is 0.413 e. The Bertz CT molecular complexity index is 889. The van der Waals surface area contributed by atoms with E-state index in [-0.39, 0.29) is 0 Å². The summed E-state index contributed by atoms with van der Waals surface area (Å²) in [4.78, 5) is 29.5. The van der Waals surface area contributed by atoms with E-state index in [2.05, 4.69) is 29.2 Å². The summed E-state index contributed by atoms with van der Waals surface area (Å²) in [5, 5.41) is 0. The van der Waals surface area contributed by atoms with Gasteiger partial charge in [-0.05, 0) is 38.8 Å². The lowest BCUT2D eigenvalue weighted by Crippen LogP contribution is -2.54. The van der Waals surface area contributed by atoms with Gasteiger partial charge in [-0.3, -0.25) is 9.80 Å². The van der Waals surface area contributed by atoms with Crippen molar-refractivity contribution in [2.45, 2.75) is 64.6 Å². The van der Waals surface area contributed by atoms with Gasteiger partial charge in [0.05, 0.1) is 19.3 Å². The first-order valence-electron chi connectivity index (χ1n) is 11.7. The fourth-order valence-corrected chi connectivity index (χ4v) is 4.41. The van der Waals surface area contributed by atoms with Crippen LogP contribution in [0, 0.1) is 0 Å². The van der Waals surface area contributed by atoms with E-state index in [0.29, 0.717) is 32.7 Å². The van der Waals surface area contributed by atoms with Gasteiger partial charge in [-0.25, -0.2) is 9.59 Å². The van der Waals surface area contributed by atoms with E-state index >= 15 is 0 Å². The molecule has 1 fully saturated rings. The number of carbonyl (C=O) groups excluding carboxylic acids is 2. The van der Waals surface area contributed by atoms with Gasteiger partial charge in [0, 0.05) is 26.1 Å². The molecule has 2 aromatic rings. The number of esters is 1. The lowest BCUT2D eigenvalue weighted by atomic mass is 10.0. The molecule has 0 aromatic heterocycles. The second-order valence-corrected chi connectivity index (χ2v) is 9.75. The first-order valence-corrected chi connectivity index (χ1v) is 11.7. The van der Waals surface area contributed by atoms with Crippen molar-refractivity contribution in [3.05, 3.63) is 71.8 Å².